The molecule has 0 saturated heterocycles. The van der Waals surface area contributed by atoms with Crippen LogP contribution >= 0.6 is 11.6 Å². The molecule has 0 bridgehead atoms. The predicted octanol–water partition coefficient (Wildman–Crippen LogP) is 2.98. The molecular weight excluding hydrogens is 351 g/mol. The van der Waals surface area contributed by atoms with Gasteiger partial charge in [-0.05, 0) is 30.3 Å². The van der Waals surface area contributed by atoms with Crippen molar-refractivity contribution in [1.29, 1.82) is 0 Å². The van der Waals surface area contributed by atoms with E-state index in [-0.39, 0.29) is 22.0 Å². The van der Waals surface area contributed by atoms with Crippen molar-refractivity contribution in [3.8, 4) is 5.75 Å². The van der Waals surface area contributed by atoms with Crippen LogP contribution in [0.25, 0.3) is 0 Å². The number of pyridine rings is 1. The Hall–Kier alpha value is -2.81. The number of anilines is 1. The van der Waals surface area contributed by atoms with E-state index in [9.17, 15) is 22.8 Å². The lowest BCUT2D eigenvalue weighted by Crippen LogP contribution is -2.18. The topological polar surface area (TPSA) is 94.3 Å². The first-order valence-electron chi connectivity index (χ1n) is 6.28. The molecule has 0 aliphatic heterocycles. The quantitative estimate of drug-likeness (QED) is 0.877. The van der Waals surface area contributed by atoms with E-state index in [0.29, 0.717) is 0 Å². The molecule has 2 aromatic rings. The van der Waals surface area contributed by atoms with E-state index in [2.05, 4.69) is 15.0 Å². The summed E-state index contributed by atoms with van der Waals surface area (Å²) >= 11 is 5.86. The number of halogens is 4. The second-order valence-corrected chi connectivity index (χ2v) is 4.85. The van der Waals surface area contributed by atoms with Gasteiger partial charge in [0.1, 0.15) is 11.4 Å². The molecule has 126 valence electrons. The summed E-state index contributed by atoms with van der Waals surface area (Å²) in [6.45, 7) is 0. The van der Waals surface area contributed by atoms with Gasteiger partial charge in [-0.15, -0.1) is 13.2 Å². The standard InChI is InChI=1S/C14H9ClF3N3O3/c15-10-5-7(12(19)22)6-20-11(10)13(23)21-8-1-3-9(4-2-8)24-14(16,17)18/h1-6H,(H2,19,22)(H,21,23). The molecule has 0 unspecified atom stereocenters. The number of alkyl halides is 3. The molecule has 0 saturated carbocycles. The number of carbonyl (C=O) groups is 2. The Balaban J connectivity index is 2.11. The van der Waals surface area contributed by atoms with Gasteiger partial charge in [-0.1, -0.05) is 11.6 Å². The molecule has 6 nitrogen and oxygen atoms in total. The van der Waals surface area contributed by atoms with Gasteiger partial charge in [-0.3, -0.25) is 9.59 Å². The van der Waals surface area contributed by atoms with Crippen molar-refractivity contribution in [1.82, 2.24) is 4.98 Å². The lowest BCUT2D eigenvalue weighted by molar-refractivity contribution is -0.274. The lowest BCUT2D eigenvalue weighted by atomic mass is 10.2. The minimum absolute atomic E-state index is 0.0326. The number of nitrogens with zero attached hydrogens (tertiary/aromatic N) is 1. The van der Waals surface area contributed by atoms with E-state index in [4.69, 9.17) is 17.3 Å². The van der Waals surface area contributed by atoms with Crippen LogP contribution in [-0.2, 0) is 0 Å². The molecule has 0 fully saturated rings. The molecule has 0 spiro atoms. The van der Waals surface area contributed by atoms with Gasteiger partial charge in [0, 0.05) is 11.9 Å². The molecule has 24 heavy (non-hydrogen) atoms. The van der Waals surface area contributed by atoms with E-state index in [1.807, 2.05) is 0 Å². The van der Waals surface area contributed by atoms with Crippen LogP contribution < -0.4 is 15.8 Å². The van der Waals surface area contributed by atoms with E-state index in [1.54, 1.807) is 0 Å². The van der Waals surface area contributed by atoms with Crippen LogP contribution in [0.1, 0.15) is 20.8 Å². The fraction of sp³-hybridized carbons (Fsp3) is 0.0714. The fourth-order valence-corrected chi connectivity index (χ4v) is 1.92. The van der Waals surface area contributed by atoms with Gasteiger partial charge in [0.15, 0.2) is 0 Å². The third-order valence-electron chi connectivity index (χ3n) is 2.69. The van der Waals surface area contributed by atoms with Gasteiger partial charge >= 0.3 is 6.36 Å². The Morgan fingerprint density at radius 1 is 1.21 bits per heavy atom. The molecule has 2 rings (SSSR count). The third kappa shape index (κ3) is 4.59. The lowest BCUT2D eigenvalue weighted by Gasteiger charge is -2.10. The van der Waals surface area contributed by atoms with Crippen molar-refractivity contribution in [3.63, 3.8) is 0 Å². The number of nitrogens with one attached hydrogen (secondary N) is 1. The number of hydrogen-bond donors (Lipinski definition) is 2. The average molecular weight is 360 g/mol. The van der Waals surface area contributed by atoms with Crippen molar-refractivity contribution in [2.75, 3.05) is 5.32 Å². The van der Waals surface area contributed by atoms with E-state index in [1.165, 1.54) is 18.2 Å². The predicted molar refractivity (Wildman–Crippen MR) is 78.8 cm³/mol. The Morgan fingerprint density at radius 3 is 2.33 bits per heavy atom. The minimum atomic E-state index is -4.80. The molecule has 3 N–H and O–H groups in total. The van der Waals surface area contributed by atoms with Crippen LogP contribution in [0.5, 0.6) is 5.75 Å². The maximum absolute atomic E-state index is 12.1. The number of aromatic nitrogens is 1. The highest BCUT2D eigenvalue weighted by Crippen LogP contribution is 2.24. The first-order valence-corrected chi connectivity index (χ1v) is 6.66. The zero-order valence-electron chi connectivity index (χ0n) is 11.7. The molecule has 1 aromatic heterocycles. The molecular formula is C14H9ClF3N3O3. The van der Waals surface area contributed by atoms with Crippen LogP contribution in [0.2, 0.25) is 5.02 Å². The Bertz CT molecular complexity index is 779. The highest BCUT2D eigenvalue weighted by molar-refractivity contribution is 6.34. The second-order valence-electron chi connectivity index (χ2n) is 4.44. The summed E-state index contributed by atoms with van der Waals surface area (Å²) < 4.78 is 39.9. The van der Waals surface area contributed by atoms with Gasteiger partial charge in [0.25, 0.3) is 5.91 Å². The number of amides is 2. The number of ether oxygens (including phenoxy) is 1. The van der Waals surface area contributed by atoms with E-state index >= 15 is 0 Å². The SMILES string of the molecule is NC(=O)c1cnc(C(=O)Nc2ccc(OC(F)(F)F)cc2)c(Cl)c1. The second kappa shape index (κ2) is 6.75. The van der Waals surface area contributed by atoms with Crippen LogP contribution in [0.15, 0.2) is 36.5 Å². The van der Waals surface area contributed by atoms with Crippen molar-refractivity contribution in [2.45, 2.75) is 6.36 Å². The van der Waals surface area contributed by atoms with Crippen LogP contribution in [0.4, 0.5) is 18.9 Å². The van der Waals surface area contributed by atoms with E-state index < -0.39 is 23.9 Å². The summed E-state index contributed by atoms with van der Waals surface area (Å²) in [4.78, 5) is 26.8. The maximum atomic E-state index is 12.1. The summed E-state index contributed by atoms with van der Waals surface area (Å²) in [6, 6.07) is 5.68. The average Bonchev–Trinajstić information content (AvgIpc) is 2.47. The molecule has 10 heteroatoms. The fourth-order valence-electron chi connectivity index (χ4n) is 1.67. The molecule has 0 radical (unpaired) electrons. The molecule has 1 heterocycles. The largest absolute Gasteiger partial charge is 0.573 e. The molecule has 0 aliphatic rings. The van der Waals surface area contributed by atoms with E-state index in [0.717, 1.165) is 18.3 Å². The normalized spacial score (nSPS) is 11.0. The van der Waals surface area contributed by atoms with Crippen molar-refractivity contribution in [3.05, 3.63) is 52.8 Å². The number of nitrogens with two attached hydrogens (primary N) is 1. The summed E-state index contributed by atoms with van der Waals surface area (Å²) in [6.07, 6.45) is -3.71. The zero-order valence-corrected chi connectivity index (χ0v) is 12.5. The van der Waals surface area contributed by atoms with Gasteiger partial charge in [-0.2, -0.15) is 0 Å². The van der Waals surface area contributed by atoms with Crippen LogP contribution in [0.3, 0.4) is 0 Å². The smallest absolute Gasteiger partial charge is 0.406 e. The summed E-state index contributed by atoms with van der Waals surface area (Å²) in [7, 11) is 0. The van der Waals surface area contributed by atoms with Crippen molar-refractivity contribution < 1.29 is 27.5 Å². The van der Waals surface area contributed by atoms with Gasteiger partial charge in [0.2, 0.25) is 5.91 Å². The van der Waals surface area contributed by atoms with Gasteiger partial charge in [-0.25, -0.2) is 4.98 Å². The highest BCUT2D eigenvalue weighted by atomic mass is 35.5. The highest BCUT2D eigenvalue weighted by Gasteiger charge is 2.31. The monoisotopic (exact) mass is 359 g/mol. The van der Waals surface area contributed by atoms with Crippen LogP contribution in [0, 0.1) is 0 Å². The van der Waals surface area contributed by atoms with Crippen molar-refractivity contribution >= 4 is 29.1 Å². The number of hydrogen-bond acceptors (Lipinski definition) is 4. The number of primary amides is 1. The molecule has 2 amide bonds. The minimum Gasteiger partial charge on any atom is -0.406 e. The maximum Gasteiger partial charge on any atom is 0.573 e. The summed E-state index contributed by atoms with van der Waals surface area (Å²) in [5, 5.41) is 2.30. The number of carbonyl (C=O) groups excluding carboxylic acids is 2. The molecule has 0 aliphatic carbocycles. The Morgan fingerprint density at radius 2 is 1.83 bits per heavy atom. The Labute approximate surface area is 138 Å². The number of benzene rings is 1. The first-order chi connectivity index (χ1) is 11.2. The first kappa shape index (κ1) is 17.5. The number of rotatable bonds is 4. The zero-order chi connectivity index (χ0) is 17.9. The molecule has 1 aromatic carbocycles. The van der Waals surface area contributed by atoms with Crippen LogP contribution in [-0.4, -0.2) is 23.2 Å². The molecule has 0 atom stereocenters. The Kier molecular flexibility index (Phi) is 4.93. The third-order valence-corrected chi connectivity index (χ3v) is 2.97. The van der Waals surface area contributed by atoms with Gasteiger partial charge < -0.3 is 15.8 Å². The summed E-state index contributed by atoms with van der Waals surface area (Å²) in [5.41, 5.74) is 5.12. The van der Waals surface area contributed by atoms with Crippen molar-refractivity contribution in [2.24, 2.45) is 5.73 Å². The van der Waals surface area contributed by atoms with Gasteiger partial charge in [0.05, 0.1) is 10.6 Å². The summed E-state index contributed by atoms with van der Waals surface area (Å²) in [5.74, 6) is -1.89.